The van der Waals surface area contributed by atoms with Gasteiger partial charge in [0.15, 0.2) is 5.76 Å². The predicted molar refractivity (Wildman–Crippen MR) is 124 cm³/mol. The average molecular weight is 443 g/mol. The highest BCUT2D eigenvalue weighted by atomic mass is 19.1. The van der Waals surface area contributed by atoms with Gasteiger partial charge in [-0.3, -0.25) is 4.79 Å². The van der Waals surface area contributed by atoms with E-state index in [1.807, 2.05) is 42.9 Å². The van der Waals surface area contributed by atoms with E-state index in [0.29, 0.717) is 17.1 Å². The molecular formula is C27H22FNO4. The average Bonchev–Trinajstić information content (AvgIpc) is 3.31. The van der Waals surface area contributed by atoms with Crippen molar-refractivity contribution in [3.63, 3.8) is 0 Å². The number of Topliss-reactive ketones (excluding diaryl/α,β-unsaturated/α-hetero) is 1. The molecule has 0 radical (unpaired) electrons. The van der Waals surface area contributed by atoms with Gasteiger partial charge in [-0.2, -0.15) is 0 Å². The summed E-state index contributed by atoms with van der Waals surface area (Å²) in [7, 11) is 3.58. The van der Waals surface area contributed by atoms with Crippen molar-refractivity contribution in [3.05, 3.63) is 94.6 Å². The van der Waals surface area contributed by atoms with Crippen LogP contribution in [-0.4, -0.2) is 17.5 Å². The lowest BCUT2D eigenvalue weighted by Crippen LogP contribution is -1.98. The first-order valence-electron chi connectivity index (χ1n) is 10.5. The van der Waals surface area contributed by atoms with Crippen LogP contribution in [0.25, 0.3) is 17.0 Å². The van der Waals surface area contributed by atoms with Crippen LogP contribution in [0.3, 0.4) is 0 Å². The van der Waals surface area contributed by atoms with E-state index in [9.17, 15) is 9.18 Å². The molecule has 0 aliphatic carbocycles. The number of aryl methyl sites for hydroxylation is 1. The van der Waals surface area contributed by atoms with Gasteiger partial charge < -0.3 is 18.8 Å². The van der Waals surface area contributed by atoms with Gasteiger partial charge in [0.1, 0.15) is 29.7 Å². The van der Waals surface area contributed by atoms with Crippen LogP contribution in [0.1, 0.15) is 27.0 Å². The van der Waals surface area contributed by atoms with Crippen LogP contribution in [0.2, 0.25) is 0 Å². The number of benzene rings is 3. The molecule has 3 aromatic carbocycles. The fraction of sp³-hybridized carbons (Fsp3) is 0.148. The summed E-state index contributed by atoms with van der Waals surface area (Å²) >= 11 is 0. The lowest BCUT2D eigenvalue weighted by atomic mass is 10.1. The van der Waals surface area contributed by atoms with Crippen LogP contribution in [0.4, 0.5) is 4.39 Å². The molecule has 4 aromatic rings. The number of methoxy groups -OCH3 is 1. The maximum atomic E-state index is 13.1. The molecular weight excluding hydrogens is 421 g/mol. The van der Waals surface area contributed by atoms with E-state index in [-0.39, 0.29) is 24.0 Å². The lowest BCUT2D eigenvalue weighted by molar-refractivity contribution is 0.101. The quantitative estimate of drug-likeness (QED) is 0.364. The Balaban J connectivity index is 1.44. The van der Waals surface area contributed by atoms with Crippen molar-refractivity contribution >= 4 is 22.8 Å². The monoisotopic (exact) mass is 443 g/mol. The summed E-state index contributed by atoms with van der Waals surface area (Å²) in [5.74, 6) is 1.66. The highest BCUT2D eigenvalue weighted by Crippen LogP contribution is 2.40. The Morgan fingerprint density at radius 1 is 1.09 bits per heavy atom. The van der Waals surface area contributed by atoms with Crippen LogP contribution in [0, 0.1) is 12.7 Å². The molecule has 0 saturated heterocycles. The van der Waals surface area contributed by atoms with Gasteiger partial charge in [-0.1, -0.05) is 12.1 Å². The number of allylic oxidation sites excluding steroid dienone is 1. The molecule has 2 heterocycles. The van der Waals surface area contributed by atoms with E-state index in [1.165, 1.54) is 12.1 Å². The second kappa shape index (κ2) is 8.13. The first-order valence-corrected chi connectivity index (χ1v) is 10.5. The number of hydrogen-bond donors (Lipinski definition) is 0. The Kier molecular flexibility index (Phi) is 5.13. The molecule has 0 unspecified atom stereocenters. The van der Waals surface area contributed by atoms with E-state index in [2.05, 4.69) is 0 Å². The smallest absolute Gasteiger partial charge is 0.231 e. The molecule has 5 rings (SSSR count). The second-order valence-corrected chi connectivity index (χ2v) is 8.00. The van der Waals surface area contributed by atoms with Gasteiger partial charge in [0.25, 0.3) is 0 Å². The van der Waals surface area contributed by atoms with Crippen molar-refractivity contribution in [2.45, 2.75) is 13.5 Å². The van der Waals surface area contributed by atoms with Crippen molar-refractivity contribution in [2.24, 2.45) is 7.05 Å². The number of ether oxygens (including phenoxy) is 3. The third-order valence-electron chi connectivity index (χ3n) is 5.86. The molecule has 1 aliphatic rings. The Labute approximate surface area is 190 Å². The SMILES string of the molecule is COc1ccc2c(c1)c(/C=C1\Oc3c(ccc(OCc4ccc(F)cc4)c3C)C1=O)cn2C. The van der Waals surface area contributed by atoms with Gasteiger partial charge in [-0.05, 0) is 61.0 Å². The number of aromatic nitrogens is 1. The van der Waals surface area contributed by atoms with E-state index < -0.39 is 0 Å². The minimum atomic E-state index is -0.289. The normalized spacial score (nSPS) is 13.9. The third kappa shape index (κ3) is 3.74. The van der Waals surface area contributed by atoms with Crippen molar-refractivity contribution in [1.29, 1.82) is 0 Å². The number of nitrogens with zero attached hydrogens (tertiary/aromatic N) is 1. The number of hydrogen-bond acceptors (Lipinski definition) is 4. The minimum absolute atomic E-state index is 0.168. The topological polar surface area (TPSA) is 49.7 Å². The molecule has 0 fully saturated rings. The summed E-state index contributed by atoms with van der Waals surface area (Å²) in [6, 6.07) is 15.5. The van der Waals surface area contributed by atoms with Gasteiger partial charge in [-0.15, -0.1) is 0 Å². The fourth-order valence-electron chi connectivity index (χ4n) is 4.05. The molecule has 0 bridgehead atoms. The number of fused-ring (bicyclic) bond motifs is 2. The molecule has 1 aliphatic heterocycles. The summed E-state index contributed by atoms with van der Waals surface area (Å²) in [6.07, 6.45) is 3.73. The largest absolute Gasteiger partial charge is 0.497 e. The molecule has 0 spiro atoms. The standard InChI is InChI=1S/C27H22FNO4/c1-16-24(32-15-17-4-6-19(28)7-5-17)11-9-21-26(30)25(33-27(16)21)12-18-14-29(2)23-10-8-20(31-3)13-22(18)23/h4-14H,15H2,1-3H3/b25-12-. The minimum Gasteiger partial charge on any atom is -0.497 e. The number of carbonyl (C=O) groups excluding carboxylic acids is 1. The molecule has 6 heteroatoms. The Morgan fingerprint density at radius 3 is 2.64 bits per heavy atom. The molecule has 0 N–H and O–H groups in total. The first-order chi connectivity index (χ1) is 15.9. The maximum absolute atomic E-state index is 13.1. The number of rotatable bonds is 5. The van der Waals surface area contributed by atoms with E-state index in [1.54, 1.807) is 37.5 Å². The highest BCUT2D eigenvalue weighted by Gasteiger charge is 2.30. The zero-order valence-electron chi connectivity index (χ0n) is 18.5. The van der Waals surface area contributed by atoms with Crippen LogP contribution < -0.4 is 14.2 Å². The Morgan fingerprint density at radius 2 is 1.88 bits per heavy atom. The van der Waals surface area contributed by atoms with Crippen LogP contribution in [0.15, 0.2) is 66.6 Å². The number of ketones is 1. The van der Waals surface area contributed by atoms with Crippen molar-refractivity contribution in [2.75, 3.05) is 7.11 Å². The first kappa shape index (κ1) is 20.8. The number of halogens is 1. The van der Waals surface area contributed by atoms with Crippen LogP contribution in [0.5, 0.6) is 17.2 Å². The molecule has 0 saturated carbocycles. The number of carbonyl (C=O) groups is 1. The van der Waals surface area contributed by atoms with Gasteiger partial charge in [-0.25, -0.2) is 4.39 Å². The van der Waals surface area contributed by atoms with Gasteiger partial charge >= 0.3 is 0 Å². The summed E-state index contributed by atoms with van der Waals surface area (Å²) in [5.41, 5.74) is 3.99. The lowest BCUT2D eigenvalue weighted by Gasteiger charge is -2.11. The summed E-state index contributed by atoms with van der Waals surface area (Å²) < 4.78 is 32.4. The van der Waals surface area contributed by atoms with E-state index in [4.69, 9.17) is 14.2 Å². The fourth-order valence-corrected chi connectivity index (χ4v) is 4.05. The second-order valence-electron chi connectivity index (χ2n) is 8.00. The molecule has 1 aromatic heterocycles. The highest BCUT2D eigenvalue weighted by molar-refractivity contribution is 6.15. The summed E-state index contributed by atoms with van der Waals surface area (Å²) in [5, 5.41) is 0.969. The molecule has 0 atom stereocenters. The molecule has 0 amide bonds. The van der Waals surface area contributed by atoms with Crippen molar-refractivity contribution < 1.29 is 23.4 Å². The molecule has 166 valence electrons. The Bertz CT molecular complexity index is 1420. The maximum Gasteiger partial charge on any atom is 0.231 e. The summed E-state index contributed by atoms with van der Waals surface area (Å²) in [4.78, 5) is 13.0. The zero-order valence-corrected chi connectivity index (χ0v) is 18.5. The molecule has 33 heavy (non-hydrogen) atoms. The van der Waals surface area contributed by atoms with Crippen LogP contribution >= 0.6 is 0 Å². The van der Waals surface area contributed by atoms with E-state index >= 15 is 0 Å². The van der Waals surface area contributed by atoms with Crippen molar-refractivity contribution in [3.8, 4) is 17.2 Å². The third-order valence-corrected chi connectivity index (χ3v) is 5.86. The van der Waals surface area contributed by atoms with Gasteiger partial charge in [0.05, 0.1) is 12.7 Å². The van der Waals surface area contributed by atoms with Crippen molar-refractivity contribution in [1.82, 2.24) is 4.57 Å². The summed E-state index contributed by atoms with van der Waals surface area (Å²) in [6.45, 7) is 2.15. The predicted octanol–water partition coefficient (Wildman–Crippen LogP) is 5.83. The van der Waals surface area contributed by atoms with Gasteiger partial charge in [0.2, 0.25) is 5.78 Å². The van der Waals surface area contributed by atoms with E-state index in [0.717, 1.165) is 33.3 Å². The zero-order chi connectivity index (χ0) is 23.1. The Hall–Kier alpha value is -4.06. The molecule has 5 nitrogen and oxygen atoms in total. The van der Waals surface area contributed by atoms with Gasteiger partial charge in [0, 0.05) is 35.3 Å². The van der Waals surface area contributed by atoms with Crippen LogP contribution in [-0.2, 0) is 13.7 Å².